The van der Waals surface area contributed by atoms with Gasteiger partial charge in [-0.05, 0) is 12.8 Å². The van der Waals surface area contributed by atoms with Crippen molar-refractivity contribution in [2.24, 2.45) is 0 Å². The van der Waals surface area contributed by atoms with Gasteiger partial charge in [-0.1, -0.05) is 31.5 Å². The summed E-state index contributed by atoms with van der Waals surface area (Å²) in [6, 6.07) is 0.161. The van der Waals surface area contributed by atoms with Crippen LogP contribution < -0.4 is 5.32 Å². The summed E-state index contributed by atoms with van der Waals surface area (Å²) < 4.78 is 0. The quantitative estimate of drug-likeness (QED) is 0.632. The minimum atomic E-state index is 0.161. The molecule has 0 spiro atoms. The van der Waals surface area contributed by atoms with E-state index in [-0.39, 0.29) is 6.04 Å². The van der Waals surface area contributed by atoms with Gasteiger partial charge in [-0.15, -0.1) is 6.58 Å². The van der Waals surface area contributed by atoms with Gasteiger partial charge in [-0.2, -0.15) is 0 Å². The molecule has 1 atom stereocenters. The molecule has 82 valence electrons. The summed E-state index contributed by atoms with van der Waals surface area (Å²) in [5, 5.41) is 3.74. The number of hydrogen-bond acceptors (Lipinski definition) is 3. The largest absolute Gasteiger partial charge is 0.364 e. The molecule has 1 heterocycles. The lowest BCUT2D eigenvalue weighted by atomic mass is 10.1. The predicted molar refractivity (Wildman–Crippen MR) is 64.4 cm³/mol. The maximum atomic E-state index is 6.03. The highest BCUT2D eigenvalue weighted by atomic mass is 35.5. The van der Waals surface area contributed by atoms with Gasteiger partial charge in [0.2, 0.25) is 0 Å². The van der Waals surface area contributed by atoms with Gasteiger partial charge in [0.25, 0.3) is 0 Å². The highest BCUT2D eigenvalue weighted by molar-refractivity contribution is 6.30. The van der Waals surface area contributed by atoms with Crippen LogP contribution in [0.3, 0.4) is 0 Å². The van der Waals surface area contributed by atoms with Crippen LogP contribution in [0.4, 0.5) is 5.82 Å². The van der Waals surface area contributed by atoms with E-state index in [0.29, 0.717) is 11.1 Å². The third-order valence-corrected chi connectivity index (χ3v) is 2.43. The fraction of sp³-hybridized carbons (Fsp3) is 0.455. The minimum absolute atomic E-state index is 0.161. The molecule has 0 bridgehead atoms. The Morgan fingerprint density at radius 2 is 2.07 bits per heavy atom. The molecule has 15 heavy (non-hydrogen) atoms. The van der Waals surface area contributed by atoms with E-state index < -0.39 is 0 Å². The molecule has 0 aliphatic rings. The van der Waals surface area contributed by atoms with Crippen molar-refractivity contribution in [3.05, 3.63) is 29.7 Å². The van der Waals surface area contributed by atoms with Crippen LogP contribution in [0.5, 0.6) is 0 Å². The van der Waals surface area contributed by atoms with Gasteiger partial charge in [-0.3, -0.25) is 0 Å². The summed E-state index contributed by atoms with van der Waals surface area (Å²) in [5.41, 5.74) is 0.952. The molecule has 0 aliphatic carbocycles. The van der Waals surface area contributed by atoms with Crippen LogP contribution in [0.25, 0.3) is 0 Å². The van der Waals surface area contributed by atoms with Gasteiger partial charge in [-0.25, -0.2) is 9.97 Å². The molecule has 1 N–H and O–H groups in total. The lowest BCUT2D eigenvalue weighted by Gasteiger charge is -2.16. The second kappa shape index (κ2) is 5.12. The van der Waals surface area contributed by atoms with E-state index in [4.69, 9.17) is 11.6 Å². The first-order valence-electron chi connectivity index (χ1n) is 4.95. The van der Waals surface area contributed by atoms with Crippen molar-refractivity contribution < 1.29 is 0 Å². The summed E-state index contributed by atoms with van der Waals surface area (Å²) in [5.74, 6) is 1.08. The van der Waals surface area contributed by atoms with Crippen molar-refractivity contribution >= 4 is 17.4 Å². The molecular weight excluding hydrogens is 210 g/mol. The third kappa shape index (κ3) is 2.93. The highest BCUT2D eigenvalue weighted by Crippen LogP contribution is 2.28. The summed E-state index contributed by atoms with van der Waals surface area (Å²) in [6.45, 7) is 9.85. The Balaban J connectivity index is 3.05. The van der Waals surface area contributed by atoms with Crippen molar-refractivity contribution in [3.8, 4) is 0 Å². The molecule has 0 saturated carbocycles. The molecule has 1 rings (SSSR count). The number of rotatable bonds is 4. The predicted octanol–water partition coefficient (Wildman–Crippen LogP) is 3.24. The number of nitrogens with one attached hydrogen (secondary N) is 1. The van der Waals surface area contributed by atoms with Crippen molar-refractivity contribution in [2.75, 3.05) is 5.32 Å². The van der Waals surface area contributed by atoms with Crippen LogP contribution in [0, 0.1) is 0 Å². The zero-order valence-corrected chi connectivity index (χ0v) is 10.0. The number of nitrogens with zero attached hydrogens (tertiary/aromatic N) is 2. The second-order valence-corrected chi connectivity index (χ2v) is 4.11. The number of halogens is 1. The normalized spacial score (nSPS) is 12.6. The van der Waals surface area contributed by atoms with Gasteiger partial charge in [0.05, 0.1) is 0 Å². The van der Waals surface area contributed by atoms with E-state index in [9.17, 15) is 0 Å². The first kappa shape index (κ1) is 12.0. The van der Waals surface area contributed by atoms with Gasteiger partial charge >= 0.3 is 0 Å². The van der Waals surface area contributed by atoms with Gasteiger partial charge < -0.3 is 5.32 Å². The topological polar surface area (TPSA) is 37.8 Å². The Morgan fingerprint density at radius 1 is 1.40 bits per heavy atom. The Bertz CT molecular complexity index is 350. The number of aromatic nitrogens is 2. The Kier molecular flexibility index (Phi) is 4.09. The molecule has 3 nitrogen and oxygen atoms in total. The molecular formula is C11H16ClN3. The number of hydrogen-bond donors (Lipinski definition) is 1. The average Bonchev–Trinajstić information content (AvgIpc) is 2.17. The fourth-order valence-corrected chi connectivity index (χ4v) is 1.63. The third-order valence-electron chi connectivity index (χ3n) is 2.13. The summed E-state index contributed by atoms with van der Waals surface area (Å²) in [6.07, 6.45) is 3.28. The lowest BCUT2D eigenvalue weighted by molar-refractivity contribution is 0.838. The van der Waals surface area contributed by atoms with Crippen molar-refractivity contribution in [2.45, 2.75) is 32.7 Å². The lowest BCUT2D eigenvalue weighted by Crippen LogP contribution is -2.15. The van der Waals surface area contributed by atoms with Crippen molar-refractivity contribution in [1.29, 1.82) is 0 Å². The Morgan fingerprint density at radius 3 is 2.60 bits per heavy atom. The first-order chi connectivity index (χ1) is 7.06. The van der Waals surface area contributed by atoms with Gasteiger partial charge in [0, 0.05) is 11.6 Å². The van der Waals surface area contributed by atoms with Crippen LogP contribution in [-0.2, 0) is 0 Å². The molecule has 1 aromatic rings. The van der Waals surface area contributed by atoms with E-state index in [1.807, 2.05) is 13.0 Å². The molecule has 4 heteroatoms. The molecule has 1 unspecified atom stereocenters. The number of anilines is 1. The molecule has 0 fully saturated rings. The Hall–Kier alpha value is -1.09. The van der Waals surface area contributed by atoms with Crippen LogP contribution in [0.15, 0.2) is 19.0 Å². The molecule has 1 aromatic heterocycles. The summed E-state index contributed by atoms with van der Waals surface area (Å²) in [7, 11) is 0. The van der Waals surface area contributed by atoms with Crippen LogP contribution in [0.2, 0.25) is 5.15 Å². The SMILES string of the molecule is C=CC(C)Nc1ncnc(Cl)c1C(C)C. The maximum absolute atomic E-state index is 6.03. The van der Waals surface area contributed by atoms with Crippen molar-refractivity contribution in [1.82, 2.24) is 9.97 Å². The molecule has 0 aromatic carbocycles. The van der Waals surface area contributed by atoms with Gasteiger partial charge in [0.15, 0.2) is 0 Å². The maximum Gasteiger partial charge on any atom is 0.138 e. The minimum Gasteiger partial charge on any atom is -0.364 e. The van der Waals surface area contributed by atoms with Gasteiger partial charge in [0.1, 0.15) is 17.3 Å². The second-order valence-electron chi connectivity index (χ2n) is 3.75. The highest BCUT2D eigenvalue weighted by Gasteiger charge is 2.13. The van der Waals surface area contributed by atoms with E-state index in [2.05, 4.69) is 35.7 Å². The summed E-state index contributed by atoms with van der Waals surface area (Å²) >= 11 is 6.03. The molecule has 0 radical (unpaired) electrons. The molecule has 0 amide bonds. The van der Waals surface area contributed by atoms with Crippen LogP contribution >= 0.6 is 11.6 Å². The monoisotopic (exact) mass is 225 g/mol. The summed E-state index contributed by atoms with van der Waals surface area (Å²) in [4.78, 5) is 8.18. The van der Waals surface area contributed by atoms with E-state index in [0.717, 1.165) is 11.4 Å². The van der Waals surface area contributed by atoms with Crippen molar-refractivity contribution in [3.63, 3.8) is 0 Å². The van der Waals surface area contributed by atoms with Crippen LogP contribution in [0.1, 0.15) is 32.3 Å². The zero-order chi connectivity index (χ0) is 11.4. The average molecular weight is 226 g/mol. The Labute approximate surface area is 95.6 Å². The first-order valence-corrected chi connectivity index (χ1v) is 5.33. The molecule has 0 saturated heterocycles. The van der Waals surface area contributed by atoms with E-state index >= 15 is 0 Å². The van der Waals surface area contributed by atoms with E-state index in [1.165, 1.54) is 6.33 Å². The smallest absolute Gasteiger partial charge is 0.138 e. The zero-order valence-electron chi connectivity index (χ0n) is 9.29. The standard InChI is InChI=1S/C11H16ClN3/c1-5-8(4)15-11-9(7(2)3)10(12)13-6-14-11/h5-8H,1H2,2-4H3,(H,13,14,15). The molecule has 0 aliphatic heterocycles. The fourth-order valence-electron chi connectivity index (χ4n) is 1.28. The van der Waals surface area contributed by atoms with Crippen LogP contribution in [-0.4, -0.2) is 16.0 Å². The van der Waals surface area contributed by atoms with E-state index in [1.54, 1.807) is 0 Å².